The molecule has 26 heavy (non-hydrogen) atoms. The number of carbonyl (C=O) groups excluding carboxylic acids is 2. The maximum atomic E-state index is 12.8. The highest BCUT2D eigenvalue weighted by atomic mass is 16.2. The maximum Gasteiger partial charge on any atom is 0.258 e. The predicted molar refractivity (Wildman–Crippen MR) is 98.4 cm³/mol. The summed E-state index contributed by atoms with van der Waals surface area (Å²) in [6.07, 6.45) is 2.07. The van der Waals surface area contributed by atoms with Gasteiger partial charge in [-0.2, -0.15) is 0 Å². The fraction of sp³-hybridized carbons (Fsp3) is 0.474. The Labute approximate surface area is 152 Å². The third-order valence-corrected chi connectivity index (χ3v) is 4.85. The zero-order valence-electron chi connectivity index (χ0n) is 15.2. The van der Waals surface area contributed by atoms with Crippen LogP contribution in [0.2, 0.25) is 0 Å². The van der Waals surface area contributed by atoms with Gasteiger partial charge in [0.15, 0.2) is 0 Å². The van der Waals surface area contributed by atoms with Gasteiger partial charge in [0.1, 0.15) is 5.82 Å². The Balaban J connectivity index is 1.71. The number of fused-ring (bicyclic) bond motifs is 1. The summed E-state index contributed by atoms with van der Waals surface area (Å²) in [6.45, 7) is 3.26. The van der Waals surface area contributed by atoms with Crippen molar-refractivity contribution in [2.24, 2.45) is 5.92 Å². The number of amides is 2. The molecule has 0 saturated carbocycles. The average molecular weight is 356 g/mol. The molecule has 1 N–H and O–H groups in total. The number of aromatic amines is 1. The van der Waals surface area contributed by atoms with Gasteiger partial charge in [-0.1, -0.05) is 19.1 Å². The number of aromatic nitrogens is 2. The quantitative estimate of drug-likeness (QED) is 0.900. The van der Waals surface area contributed by atoms with Crippen LogP contribution in [0, 0.1) is 5.92 Å². The van der Waals surface area contributed by atoms with Gasteiger partial charge in [0.2, 0.25) is 11.8 Å². The summed E-state index contributed by atoms with van der Waals surface area (Å²) in [5, 5.41) is 0.534. The van der Waals surface area contributed by atoms with Gasteiger partial charge < -0.3 is 14.8 Å². The van der Waals surface area contributed by atoms with E-state index in [4.69, 9.17) is 0 Å². The van der Waals surface area contributed by atoms with E-state index in [9.17, 15) is 14.4 Å². The van der Waals surface area contributed by atoms with Crippen LogP contribution in [0.15, 0.2) is 29.1 Å². The van der Waals surface area contributed by atoms with Crippen molar-refractivity contribution in [3.05, 3.63) is 40.4 Å². The largest absolute Gasteiger partial charge is 0.342 e. The molecule has 1 aliphatic rings. The van der Waals surface area contributed by atoms with Crippen LogP contribution in [0.4, 0.5) is 0 Å². The molecule has 2 amide bonds. The molecule has 2 aromatic rings. The van der Waals surface area contributed by atoms with Crippen LogP contribution < -0.4 is 5.56 Å². The van der Waals surface area contributed by atoms with E-state index in [0.717, 1.165) is 19.4 Å². The van der Waals surface area contributed by atoms with Crippen LogP contribution in [-0.2, 0) is 16.1 Å². The van der Waals surface area contributed by atoms with Gasteiger partial charge in [-0.15, -0.1) is 0 Å². The molecule has 0 radical (unpaired) electrons. The maximum absolute atomic E-state index is 12.8. The first-order chi connectivity index (χ1) is 12.5. The molecule has 3 rings (SSSR count). The summed E-state index contributed by atoms with van der Waals surface area (Å²) in [5.74, 6) is 0.332. The molecule has 1 unspecified atom stereocenters. The Morgan fingerprint density at radius 1 is 1.35 bits per heavy atom. The molecular weight excluding hydrogens is 332 g/mol. The van der Waals surface area contributed by atoms with Crippen LogP contribution in [0.5, 0.6) is 0 Å². The van der Waals surface area contributed by atoms with E-state index >= 15 is 0 Å². The minimum atomic E-state index is -0.205. The topological polar surface area (TPSA) is 86.4 Å². The molecule has 1 atom stereocenters. The van der Waals surface area contributed by atoms with Crippen LogP contribution in [-0.4, -0.2) is 51.7 Å². The van der Waals surface area contributed by atoms with E-state index in [-0.39, 0.29) is 29.8 Å². The minimum absolute atomic E-state index is 0.0191. The van der Waals surface area contributed by atoms with Gasteiger partial charge in [-0.3, -0.25) is 14.4 Å². The number of likely N-dealkylation sites (tertiary alicyclic amines) is 1. The second-order valence-corrected chi connectivity index (χ2v) is 6.76. The second kappa shape index (κ2) is 7.68. The minimum Gasteiger partial charge on any atom is -0.342 e. The molecule has 1 saturated heterocycles. The molecule has 0 aliphatic carbocycles. The standard InChI is InChI=1S/C19H24N4O3/c1-3-17(24)23-10-6-7-13(11-23)19(26)22(2)12-16-20-15-9-5-4-8-14(15)18(25)21-16/h4-5,8-9,13H,3,6-7,10-12H2,1-2H3,(H,20,21,25). The highest BCUT2D eigenvalue weighted by Crippen LogP contribution is 2.20. The Morgan fingerprint density at radius 2 is 2.12 bits per heavy atom. The van der Waals surface area contributed by atoms with Crippen molar-refractivity contribution in [3.8, 4) is 0 Å². The third kappa shape index (κ3) is 3.76. The van der Waals surface area contributed by atoms with E-state index in [0.29, 0.717) is 29.7 Å². The molecule has 7 nitrogen and oxygen atoms in total. The van der Waals surface area contributed by atoms with Crippen molar-refractivity contribution in [1.82, 2.24) is 19.8 Å². The Hall–Kier alpha value is -2.70. The molecular formula is C19H24N4O3. The molecule has 138 valence electrons. The smallest absolute Gasteiger partial charge is 0.258 e. The molecule has 1 aliphatic heterocycles. The van der Waals surface area contributed by atoms with E-state index in [2.05, 4.69) is 9.97 Å². The third-order valence-electron chi connectivity index (χ3n) is 4.85. The number of nitrogens with zero attached hydrogens (tertiary/aromatic N) is 3. The SMILES string of the molecule is CCC(=O)N1CCCC(C(=O)N(C)Cc2nc3ccccc3c(=O)[nH]2)C1. The fourth-order valence-electron chi connectivity index (χ4n) is 3.45. The number of nitrogens with one attached hydrogen (secondary N) is 1. The molecule has 0 spiro atoms. The monoisotopic (exact) mass is 356 g/mol. The Bertz CT molecular complexity index is 876. The molecule has 1 fully saturated rings. The lowest BCUT2D eigenvalue weighted by Gasteiger charge is -2.33. The lowest BCUT2D eigenvalue weighted by molar-refractivity contribution is -0.140. The van der Waals surface area contributed by atoms with Crippen molar-refractivity contribution in [2.45, 2.75) is 32.7 Å². The van der Waals surface area contributed by atoms with Crippen molar-refractivity contribution in [1.29, 1.82) is 0 Å². The van der Waals surface area contributed by atoms with Gasteiger partial charge in [0, 0.05) is 26.6 Å². The van der Waals surface area contributed by atoms with Crippen LogP contribution in [0.1, 0.15) is 32.0 Å². The first kappa shape index (κ1) is 18.1. The molecule has 7 heteroatoms. The number of para-hydroxylation sites is 1. The zero-order valence-corrected chi connectivity index (χ0v) is 15.2. The van der Waals surface area contributed by atoms with Crippen molar-refractivity contribution in [2.75, 3.05) is 20.1 Å². The van der Waals surface area contributed by atoms with Gasteiger partial charge in [-0.05, 0) is 25.0 Å². The lowest BCUT2D eigenvalue weighted by Crippen LogP contribution is -2.45. The molecule has 1 aromatic carbocycles. The lowest BCUT2D eigenvalue weighted by atomic mass is 9.96. The summed E-state index contributed by atoms with van der Waals surface area (Å²) in [5.41, 5.74) is 0.410. The molecule has 1 aromatic heterocycles. The summed E-state index contributed by atoms with van der Waals surface area (Å²) < 4.78 is 0. The molecule has 0 bridgehead atoms. The summed E-state index contributed by atoms with van der Waals surface area (Å²) in [6, 6.07) is 7.13. The fourth-order valence-corrected chi connectivity index (χ4v) is 3.45. The number of H-pyrrole nitrogens is 1. The predicted octanol–water partition coefficient (Wildman–Crippen LogP) is 1.53. The number of benzene rings is 1. The van der Waals surface area contributed by atoms with Crippen molar-refractivity contribution in [3.63, 3.8) is 0 Å². The van der Waals surface area contributed by atoms with Crippen LogP contribution in [0.3, 0.4) is 0 Å². The highest BCUT2D eigenvalue weighted by molar-refractivity contribution is 5.81. The highest BCUT2D eigenvalue weighted by Gasteiger charge is 2.29. The average Bonchev–Trinajstić information content (AvgIpc) is 2.66. The van der Waals surface area contributed by atoms with E-state index in [1.807, 2.05) is 13.0 Å². The van der Waals surface area contributed by atoms with E-state index in [1.54, 1.807) is 35.0 Å². The second-order valence-electron chi connectivity index (χ2n) is 6.76. The van der Waals surface area contributed by atoms with E-state index in [1.165, 1.54) is 0 Å². The van der Waals surface area contributed by atoms with Crippen molar-refractivity contribution >= 4 is 22.7 Å². The molecule has 2 heterocycles. The number of carbonyl (C=O) groups is 2. The summed E-state index contributed by atoms with van der Waals surface area (Å²) in [4.78, 5) is 47.4. The van der Waals surface area contributed by atoms with Crippen molar-refractivity contribution < 1.29 is 9.59 Å². The first-order valence-corrected chi connectivity index (χ1v) is 9.00. The Kier molecular flexibility index (Phi) is 5.35. The van der Waals surface area contributed by atoms with Gasteiger partial charge in [-0.25, -0.2) is 4.98 Å². The normalized spacial score (nSPS) is 17.3. The van der Waals surface area contributed by atoms with Gasteiger partial charge >= 0.3 is 0 Å². The number of piperidine rings is 1. The summed E-state index contributed by atoms with van der Waals surface area (Å²) in [7, 11) is 1.71. The van der Waals surface area contributed by atoms with Crippen LogP contribution in [0.25, 0.3) is 10.9 Å². The van der Waals surface area contributed by atoms with Gasteiger partial charge in [0.05, 0.1) is 23.4 Å². The summed E-state index contributed by atoms with van der Waals surface area (Å²) >= 11 is 0. The van der Waals surface area contributed by atoms with E-state index < -0.39 is 0 Å². The zero-order chi connectivity index (χ0) is 18.7. The van der Waals surface area contributed by atoms with Gasteiger partial charge in [0.25, 0.3) is 5.56 Å². The number of rotatable bonds is 4. The Morgan fingerprint density at radius 3 is 2.88 bits per heavy atom. The van der Waals surface area contributed by atoms with Crippen LogP contribution >= 0.6 is 0 Å². The first-order valence-electron chi connectivity index (χ1n) is 9.00. The number of hydrogen-bond acceptors (Lipinski definition) is 4. The number of hydrogen-bond donors (Lipinski definition) is 1.